The van der Waals surface area contributed by atoms with Crippen molar-refractivity contribution in [1.29, 1.82) is 0 Å². The molecule has 0 atom stereocenters. The predicted octanol–water partition coefficient (Wildman–Crippen LogP) is 2.13. The number of rotatable bonds is 5. The third-order valence-electron chi connectivity index (χ3n) is 2.23. The summed E-state index contributed by atoms with van der Waals surface area (Å²) in [6.07, 6.45) is 6.91. The average molecular weight is 205 g/mol. The summed E-state index contributed by atoms with van der Waals surface area (Å²) in [6.45, 7) is 7.20. The summed E-state index contributed by atoms with van der Waals surface area (Å²) in [7, 11) is 0. The van der Waals surface area contributed by atoms with Gasteiger partial charge in [-0.25, -0.2) is 0 Å². The van der Waals surface area contributed by atoms with Crippen molar-refractivity contribution in [2.24, 2.45) is 0 Å². The Morgan fingerprint density at radius 2 is 1.87 bits per heavy atom. The fourth-order valence-corrected chi connectivity index (χ4v) is 1.48. The van der Waals surface area contributed by atoms with Crippen molar-refractivity contribution in [3.63, 3.8) is 0 Å². The highest BCUT2D eigenvalue weighted by atomic mass is 16.3. The number of nitrogens with zero attached hydrogens (tertiary/aromatic N) is 1. The molecular formula is C12H15NO2. The monoisotopic (exact) mass is 205 g/mol. The summed E-state index contributed by atoms with van der Waals surface area (Å²) in [5.74, 6) is 0.0408. The van der Waals surface area contributed by atoms with Crippen LogP contribution in [0.4, 0.5) is 0 Å². The Hall–Kier alpha value is -1.61. The molecule has 0 aliphatic carbocycles. The fraction of sp³-hybridized carbons (Fsp3) is 0.250. The largest absolute Gasteiger partial charge is 0.506 e. The van der Waals surface area contributed by atoms with Crippen LogP contribution >= 0.6 is 0 Å². The van der Waals surface area contributed by atoms with E-state index in [1.807, 2.05) is 0 Å². The van der Waals surface area contributed by atoms with Crippen LogP contribution in [0.5, 0.6) is 5.75 Å². The summed E-state index contributed by atoms with van der Waals surface area (Å²) in [5.41, 5.74) is -0.503. The van der Waals surface area contributed by atoms with Crippen LogP contribution in [0.25, 0.3) is 0 Å². The smallest absolute Gasteiger partial charge is 0.134 e. The number of aliphatic hydroxyl groups is 1. The number of pyridine rings is 1. The third kappa shape index (κ3) is 2.67. The lowest BCUT2D eigenvalue weighted by Crippen LogP contribution is -2.24. The van der Waals surface area contributed by atoms with E-state index < -0.39 is 5.60 Å². The van der Waals surface area contributed by atoms with Crippen molar-refractivity contribution in [1.82, 2.24) is 4.98 Å². The van der Waals surface area contributed by atoms with E-state index in [4.69, 9.17) is 0 Å². The number of aromatic nitrogens is 1. The molecule has 15 heavy (non-hydrogen) atoms. The van der Waals surface area contributed by atoms with Crippen LogP contribution in [0.15, 0.2) is 43.8 Å². The molecule has 0 fully saturated rings. The first kappa shape index (κ1) is 11.5. The molecular weight excluding hydrogens is 190 g/mol. The Balaban J connectivity index is 3.07. The minimum absolute atomic E-state index is 0.0408. The first-order valence-corrected chi connectivity index (χ1v) is 4.71. The van der Waals surface area contributed by atoms with Gasteiger partial charge in [-0.3, -0.25) is 4.98 Å². The molecule has 0 unspecified atom stereocenters. The second kappa shape index (κ2) is 4.75. The summed E-state index contributed by atoms with van der Waals surface area (Å²) in [5, 5.41) is 19.6. The Morgan fingerprint density at radius 3 is 2.33 bits per heavy atom. The highest BCUT2D eigenvalue weighted by Crippen LogP contribution is 2.30. The molecule has 0 spiro atoms. The van der Waals surface area contributed by atoms with Crippen molar-refractivity contribution in [3.8, 4) is 5.75 Å². The number of hydrogen-bond acceptors (Lipinski definition) is 3. The minimum Gasteiger partial charge on any atom is -0.506 e. The van der Waals surface area contributed by atoms with Gasteiger partial charge in [0.05, 0.1) is 11.8 Å². The maximum absolute atomic E-state index is 10.3. The molecule has 0 amide bonds. The van der Waals surface area contributed by atoms with Crippen LogP contribution in [0.2, 0.25) is 0 Å². The SMILES string of the molecule is C=CCC(O)(CC=C)c1cncc(O)c1. The second-order valence-corrected chi connectivity index (χ2v) is 3.45. The molecule has 1 aromatic rings. The van der Waals surface area contributed by atoms with Gasteiger partial charge >= 0.3 is 0 Å². The first-order valence-electron chi connectivity index (χ1n) is 4.71. The quantitative estimate of drug-likeness (QED) is 0.724. The zero-order valence-corrected chi connectivity index (χ0v) is 8.56. The molecule has 0 saturated carbocycles. The highest BCUT2D eigenvalue weighted by molar-refractivity contribution is 5.28. The molecule has 0 aliphatic rings. The van der Waals surface area contributed by atoms with Gasteiger partial charge in [-0.05, 0) is 18.9 Å². The molecule has 0 radical (unpaired) electrons. The standard InChI is InChI=1S/C12H15NO2/c1-3-5-12(15,6-4-2)10-7-11(14)9-13-8-10/h3-4,7-9,14-15H,1-2,5-6H2. The summed E-state index contributed by atoms with van der Waals surface area (Å²) in [6, 6.07) is 1.50. The Labute approximate surface area is 89.4 Å². The van der Waals surface area contributed by atoms with Crippen molar-refractivity contribution in [2.75, 3.05) is 0 Å². The molecule has 3 nitrogen and oxygen atoms in total. The third-order valence-corrected chi connectivity index (χ3v) is 2.23. The maximum Gasteiger partial charge on any atom is 0.134 e. The molecule has 1 rings (SSSR count). The van der Waals surface area contributed by atoms with Crippen LogP contribution < -0.4 is 0 Å². The number of aromatic hydroxyl groups is 1. The molecule has 0 aliphatic heterocycles. The summed E-state index contributed by atoms with van der Waals surface area (Å²) >= 11 is 0. The topological polar surface area (TPSA) is 53.4 Å². The lowest BCUT2D eigenvalue weighted by Gasteiger charge is -2.25. The van der Waals surface area contributed by atoms with Gasteiger partial charge in [-0.15, -0.1) is 13.2 Å². The van der Waals surface area contributed by atoms with E-state index in [0.29, 0.717) is 18.4 Å². The minimum atomic E-state index is -1.07. The zero-order chi connectivity index (χ0) is 11.3. The van der Waals surface area contributed by atoms with Crippen molar-refractivity contribution in [3.05, 3.63) is 49.3 Å². The molecule has 2 N–H and O–H groups in total. The molecule has 0 bridgehead atoms. The predicted molar refractivity (Wildman–Crippen MR) is 59.4 cm³/mol. The van der Waals surface area contributed by atoms with Gasteiger partial charge in [0.15, 0.2) is 0 Å². The van der Waals surface area contributed by atoms with E-state index in [1.54, 1.807) is 12.2 Å². The van der Waals surface area contributed by atoms with Crippen LogP contribution in [0.3, 0.4) is 0 Å². The van der Waals surface area contributed by atoms with E-state index >= 15 is 0 Å². The lowest BCUT2D eigenvalue weighted by molar-refractivity contribution is 0.0424. The Bertz CT molecular complexity index is 350. The molecule has 1 heterocycles. The fourth-order valence-electron chi connectivity index (χ4n) is 1.48. The maximum atomic E-state index is 10.3. The molecule has 80 valence electrons. The zero-order valence-electron chi connectivity index (χ0n) is 8.56. The average Bonchev–Trinajstić information content (AvgIpc) is 2.18. The van der Waals surface area contributed by atoms with Gasteiger partial charge in [-0.1, -0.05) is 12.2 Å². The van der Waals surface area contributed by atoms with E-state index in [1.165, 1.54) is 18.5 Å². The number of hydrogen-bond donors (Lipinski definition) is 2. The van der Waals surface area contributed by atoms with Gasteiger partial charge in [-0.2, -0.15) is 0 Å². The van der Waals surface area contributed by atoms with Crippen LogP contribution in [-0.2, 0) is 5.60 Å². The van der Waals surface area contributed by atoms with Crippen molar-refractivity contribution in [2.45, 2.75) is 18.4 Å². The van der Waals surface area contributed by atoms with E-state index in [-0.39, 0.29) is 5.75 Å². The van der Waals surface area contributed by atoms with Crippen LogP contribution in [-0.4, -0.2) is 15.2 Å². The van der Waals surface area contributed by atoms with Gasteiger partial charge in [0.2, 0.25) is 0 Å². The van der Waals surface area contributed by atoms with Crippen molar-refractivity contribution < 1.29 is 10.2 Å². The van der Waals surface area contributed by atoms with Gasteiger partial charge in [0.25, 0.3) is 0 Å². The second-order valence-electron chi connectivity index (χ2n) is 3.45. The first-order chi connectivity index (χ1) is 7.12. The highest BCUT2D eigenvalue weighted by Gasteiger charge is 2.26. The van der Waals surface area contributed by atoms with E-state index in [2.05, 4.69) is 18.1 Å². The van der Waals surface area contributed by atoms with Gasteiger partial charge in [0.1, 0.15) is 5.75 Å². The van der Waals surface area contributed by atoms with E-state index in [9.17, 15) is 10.2 Å². The Kier molecular flexibility index (Phi) is 3.63. The molecule has 3 heteroatoms. The molecule has 0 saturated heterocycles. The Morgan fingerprint density at radius 1 is 1.27 bits per heavy atom. The van der Waals surface area contributed by atoms with Crippen LogP contribution in [0, 0.1) is 0 Å². The van der Waals surface area contributed by atoms with Gasteiger partial charge in [0, 0.05) is 11.8 Å². The van der Waals surface area contributed by atoms with Crippen molar-refractivity contribution >= 4 is 0 Å². The lowest BCUT2D eigenvalue weighted by atomic mass is 9.88. The summed E-state index contributed by atoms with van der Waals surface area (Å²) in [4.78, 5) is 3.84. The van der Waals surface area contributed by atoms with Crippen LogP contribution in [0.1, 0.15) is 18.4 Å². The molecule has 1 aromatic heterocycles. The van der Waals surface area contributed by atoms with Gasteiger partial charge < -0.3 is 10.2 Å². The summed E-state index contributed by atoms with van der Waals surface area (Å²) < 4.78 is 0. The normalized spacial score (nSPS) is 11.0. The molecule has 0 aromatic carbocycles. The van der Waals surface area contributed by atoms with E-state index in [0.717, 1.165) is 0 Å².